The Bertz CT molecular complexity index is 535. The zero-order chi connectivity index (χ0) is 14.7. The van der Waals surface area contributed by atoms with Crippen LogP contribution in [0.2, 0.25) is 5.02 Å². The smallest absolute Gasteiger partial charge is 0.282 e. The average molecular weight is 299 g/mol. The third kappa shape index (κ3) is 2.91. The van der Waals surface area contributed by atoms with Gasteiger partial charge in [0.05, 0.1) is 24.2 Å². The molecule has 1 aromatic carbocycles. The molecule has 108 valence electrons. The van der Waals surface area contributed by atoms with E-state index in [2.05, 4.69) is 0 Å². The molecule has 1 saturated heterocycles. The molecule has 20 heavy (non-hydrogen) atoms. The summed E-state index contributed by atoms with van der Waals surface area (Å²) in [6, 6.07) is 3.96. The van der Waals surface area contributed by atoms with Gasteiger partial charge in [-0.2, -0.15) is 0 Å². The van der Waals surface area contributed by atoms with Crippen molar-refractivity contribution in [3.63, 3.8) is 0 Å². The number of carbonyl (C=O) groups is 1. The molecule has 1 aliphatic rings. The van der Waals surface area contributed by atoms with E-state index in [9.17, 15) is 14.9 Å². The van der Waals surface area contributed by atoms with Crippen molar-refractivity contribution in [1.82, 2.24) is 4.90 Å². The molecule has 0 N–H and O–H groups in total. The Hall–Kier alpha value is -1.66. The van der Waals surface area contributed by atoms with E-state index in [1.165, 1.54) is 18.2 Å². The lowest BCUT2D eigenvalue weighted by Crippen LogP contribution is -2.48. The molecule has 1 fully saturated rings. The zero-order valence-electron chi connectivity index (χ0n) is 11.0. The van der Waals surface area contributed by atoms with E-state index in [0.717, 1.165) is 6.42 Å². The summed E-state index contributed by atoms with van der Waals surface area (Å²) < 4.78 is 5.34. The molecule has 6 nitrogen and oxygen atoms in total. The summed E-state index contributed by atoms with van der Waals surface area (Å²) in [6.45, 7) is 3.28. The van der Waals surface area contributed by atoms with Crippen LogP contribution in [0.1, 0.15) is 23.7 Å². The lowest BCUT2D eigenvalue weighted by Gasteiger charge is -2.35. The SMILES string of the molecule is CCC1COCCN1C(=O)c1cc(Cl)ccc1[N+](=O)[O-]. The molecule has 1 unspecified atom stereocenters. The number of amides is 1. The molecule has 0 spiro atoms. The highest BCUT2D eigenvalue weighted by Gasteiger charge is 2.31. The number of nitro benzene ring substituents is 1. The van der Waals surface area contributed by atoms with Crippen LogP contribution in [0.5, 0.6) is 0 Å². The maximum Gasteiger partial charge on any atom is 0.282 e. The Morgan fingerprint density at radius 2 is 2.35 bits per heavy atom. The number of nitrogens with zero attached hydrogens (tertiary/aromatic N) is 2. The topological polar surface area (TPSA) is 72.7 Å². The van der Waals surface area contributed by atoms with E-state index in [0.29, 0.717) is 24.8 Å². The summed E-state index contributed by atoms with van der Waals surface area (Å²) >= 11 is 5.86. The minimum absolute atomic E-state index is 0.0304. The van der Waals surface area contributed by atoms with Crippen molar-refractivity contribution in [2.24, 2.45) is 0 Å². The number of carbonyl (C=O) groups excluding carboxylic acids is 1. The van der Waals surface area contributed by atoms with E-state index in [-0.39, 0.29) is 23.2 Å². The molecule has 1 aliphatic heterocycles. The van der Waals surface area contributed by atoms with Crippen LogP contribution in [0.3, 0.4) is 0 Å². The summed E-state index contributed by atoms with van der Waals surface area (Å²) in [4.78, 5) is 24.7. The largest absolute Gasteiger partial charge is 0.377 e. The molecule has 0 radical (unpaired) electrons. The molecule has 7 heteroatoms. The van der Waals surface area contributed by atoms with Crippen molar-refractivity contribution < 1.29 is 14.5 Å². The summed E-state index contributed by atoms with van der Waals surface area (Å²) in [5.74, 6) is -0.366. The highest BCUT2D eigenvalue weighted by molar-refractivity contribution is 6.31. The Balaban J connectivity index is 2.36. The molecular weight excluding hydrogens is 284 g/mol. The average Bonchev–Trinajstić information content (AvgIpc) is 2.46. The lowest BCUT2D eigenvalue weighted by molar-refractivity contribution is -0.385. The van der Waals surface area contributed by atoms with Crippen LogP contribution in [0.4, 0.5) is 5.69 Å². The first-order valence-corrected chi connectivity index (χ1v) is 6.75. The molecule has 1 aromatic rings. The summed E-state index contributed by atoms with van der Waals surface area (Å²) in [5, 5.41) is 11.3. The van der Waals surface area contributed by atoms with Gasteiger partial charge in [-0.25, -0.2) is 0 Å². The lowest BCUT2D eigenvalue weighted by atomic mass is 10.1. The number of ether oxygens (including phenoxy) is 1. The maximum atomic E-state index is 12.6. The molecule has 0 aliphatic carbocycles. The van der Waals surface area contributed by atoms with Crippen molar-refractivity contribution in [3.8, 4) is 0 Å². The van der Waals surface area contributed by atoms with Crippen LogP contribution < -0.4 is 0 Å². The zero-order valence-corrected chi connectivity index (χ0v) is 11.8. The minimum atomic E-state index is -0.565. The predicted molar refractivity (Wildman–Crippen MR) is 74.0 cm³/mol. The predicted octanol–water partition coefficient (Wildman–Crippen LogP) is 2.50. The third-order valence-corrected chi connectivity index (χ3v) is 3.58. The van der Waals surface area contributed by atoms with Gasteiger partial charge in [-0.1, -0.05) is 18.5 Å². The van der Waals surface area contributed by atoms with Gasteiger partial charge in [0, 0.05) is 17.6 Å². The van der Waals surface area contributed by atoms with Crippen LogP contribution >= 0.6 is 11.6 Å². The second-order valence-corrected chi connectivity index (χ2v) is 4.99. The van der Waals surface area contributed by atoms with E-state index in [1.54, 1.807) is 4.90 Å². The van der Waals surface area contributed by atoms with Crippen LogP contribution in [0.15, 0.2) is 18.2 Å². The summed E-state index contributed by atoms with van der Waals surface area (Å²) in [6.07, 6.45) is 0.736. The molecule has 0 aromatic heterocycles. The summed E-state index contributed by atoms with van der Waals surface area (Å²) in [7, 11) is 0. The maximum absolute atomic E-state index is 12.6. The molecular formula is C13H15ClN2O4. The van der Waals surface area contributed by atoms with E-state index in [4.69, 9.17) is 16.3 Å². The monoisotopic (exact) mass is 298 g/mol. The number of hydrogen-bond acceptors (Lipinski definition) is 4. The number of morpholine rings is 1. The van der Waals surface area contributed by atoms with Gasteiger partial charge < -0.3 is 9.64 Å². The number of hydrogen-bond donors (Lipinski definition) is 0. The van der Waals surface area contributed by atoms with Gasteiger partial charge in [0.1, 0.15) is 5.56 Å². The Kier molecular flexibility index (Phi) is 4.57. The highest BCUT2D eigenvalue weighted by Crippen LogP contribution is 2.25. The summed E-state index contributed by atoms with van der Waals surface area (Å²) in [5.41, 5.74) is -0.191. The van der Waals surface area contributed by atoms with Crippen molar-refractivity contribution in [2.45, 2.75) is 19.4 Å². The number of rotatable bonds is 3. The Labute approximate surface area is 121 Å². The second-order valence-electron chi connectivity index (χ2n) is 4.55. The second kappa shape index (κ2) is 6.19. The number of halogens is 1. The molecule has 2 rings (SSSR count). The van der Waals surface area contributed by atoms with Crippen molar-refractivity contribution in [1.29, 1.82) is 0 Å². The van der Waals surface area contributed by atoms with Crippen LogP contribution in [-0.4, -0.2) is 41.5 Å². The Morgan fingerprint density at radius 1 is 1.60 bits per heavy atom. The fraction of sp³-hybridized carbons (Fsp3) is 0.462. The van der Waals surface area contributed by atoms with E-state index >= 15 is 0 Å². The molecule has 0 saturated carbocycles. The number of benzene rings is 1. The van der Waals surface area contributed by atoms with Gasteiger partial charge in [0.2, 0.25) is 0 Å². The van der Waals surface area contributed by atoms with E-state index < -0.39 is 4.92 Å². The molecule has 0 bridgehead atoms. The standard InChI is InChI=1S/C13H15ClN2O4/c1-2-10-8-20-6-5-15(10)13(17)11-7-9(14)3-4-12(11)16(18)19/h3-4,7,10H,2,5-6,8H2,1H3. The first-order valence-electron chi connectivity index (χ1n) is 6.37. The fourth-order valence-electron chi connectivity index (χ4n) is 2.25. The van der Waals surface area contributed by atoms with Crippen LogP contribution in [0.25, 0.3) is 0 Å². The first kappa shape index (κ1) is 14.7. The van der Waals surface area contributed by atoms with Gasteiger partial charge in [-0.05, 0) is 18.6 Å². The van der Waals surface area contributed by atoms with Crippen LogP contribution in [-0.2, 0) is 4.74 Å². The molecule has 1 atom stereocenters. The van der Waals surface area contributed by atoms with Crippen LogP contribution in [0, 0.1) is 10.1 Å². The highest BCUT2D eigenvalue weighted by atomic mass is 35.5. The minimum Gasteiger partial charge on any atom is -0.377 e. The molecule has 1 amide bonds. The normalized spacial score (nSPS) is 18.9. The third-order valence-electron chi connectivity index (χ3n) is 3.35. The quantitative estimate of drug-likeness (QED) is 0.635. The van der Waals surface area contributed by atoms with Crippen molar-refractivity contribution in [2.75, 3.05) is 19.8 Å². The van der Waals surface area contributed by atoms with Gasteiger partial charge >= 0.3 is 0 Å². The number of nitro groups is 1. The fourth-order valence-corrected chi connectivity index (χ4v) is 2.43. The first-order chi connectivity index (χ1) is 9.54. The molecule has 1 heterocycles. The van der Waals surface area contributed by atoms with Gasteiger partial charge in [0.15, 0.2) is 0 Å². The Morgan fingerprint density at radius 3 is 3.00 bits per heavy atom. The van der Waals surface area contributed by atoms with Gasteiger partial charge in [-0.15, -0.1) is 0 Å². The van der Waals surface area contributed by atoms with Crippen molar-refractivity contribution in [3.05, 3.63) is 38.9 Å². The van der Waals surface area contributed by atoms with Crippen molar-refractivity contribution >= 4 is 23.2 Å². The van der Waals surface area contributed by atoms with E-state index in [1.807, 2.05) is 6.92 Å². The van der Waals surface area contributed by atoms with Gasteiger partial charge in [-0.3, -0.25) is 14.9 Å². The van der Waals surface area contributed by atoms with Gasteiger partial charge in [0.25, 0.3) is 11.6 Å².